The van der Waals surface area contributed by atoms with Crippen LogP contribution in [0.3, 0.4) is 0 Å². The number of benzene rings is 1. The summed E-state index contributed by atoms with van der Waals surface area (Å²) in [7, 11) is 0. The Balaban J connectivity index is 2.22. The first-order valence-corrected chi connectivity index (χ1v) is 6.66. The van der Waals surface area contributed by atoms with Crippen molar-refractivity contribution in [3.63, 3.8) is 0 Å². The van der Waals surface area contributed by atoms with E-state index in [0.717, 1.165) is 24.8 Å². The number of carbonyl (C=O) groups is 1. The maximum absolute atomic E-state index is 10.6. The van der Waals surface area contributed by atoms with Crippen LogP contribution in [-0.2, 0) is 11.2 Å². The Labute approximate surface area is 117 Å². The molecular weight excluding hydrogens is 273 g/mol. The molecule has 0 aromatic heterocycles. The molecule has 100 valence electrons. The summed E-state index contributed by atoms with van der Waals surface area (Å²) < 4.78 is 0. The second kappa shape index (κ2) is 7.62. The predicted octanol–water partition coefficient (Wildman–Crippen LogP) is 3.38. The van der Waals surface area contributed by atoms with E-state index in [9.17, 15) is 4.79 Å². The van der Waals surface area contributed by atoms with Crippen molar-refractivity contribution in [2.75, 3.05) is 6.54 Å². The summed E-state index contributed by atoms with van der Waals surface area (Å²) in [6, 6.07) is 5.14. The van der Waals surface area contributed by atoms with E-state index in [1.54, 1.807) is 13.0 Å². The minimum absolute atomic E-state index is 0.491. The highest BCUT2D eigenvalue weighted by Crippen LogP contribution is 2.23. The van der Waals surface area contributed by atoms with E-state index in [1.165, 1.54) is 0 Å². The van der Waals surface area contributed by atoms with Gasteiger partial charge in [-0.05, 0) is 50.4 Å². The molecule has 0 unspecified atom stereocenters. The number of halogens is 2. The largest absolute Gasteiger partial charge is 0.480 e. The lowest BCUT2D eigenvalue weighted by Crippen LogP contribution is -2.34. The molecule has 0 aliphatic heterocycles. The SMILES string of the molecule is C[C@H](NCCCCc1ccc(Cl)c(Cl)c1)C(=O)O. The number of hydrogen-bond donors (Lipinski definition) is 2. The first kappa shape index (κ1) is 15.3. The van der Waals surface area contributed by atoms with Gasteiger partial charge in [0.1, 0.15) is 6.04 Å². The minimum Gasteiger partial charge on any atom is -0.480 e. The van der Waals surface area contributed by atoms with Crippen molar-refractivity contribution in [3.8, 4) is 0 Å². The highest BCUT2D eigenvalue weighted by molar-refractivity contribution is 6.42. The number of rotatable bonds is 7. The fourth-order valence-corrected chi connectivity index (χ4v) is 1.88. The van der Waals surface area contributed by atoms with Crippen LogP contribution in [0.5, 0.6) is 0 Å². The number of carboxylic acid groups (broad SMARTS) is 1. The zero-order valence-corrected chi connectivity index (χ0v) is 11.8. The Morgan fingerprint density at radius 3 is 2.67 bits per heavy atom. The van der Waals surface area contributed by atoms with Gasteiger partial charge in [0.25, 0.3) is 0 Å². The molecule has 0 spiro atoms. The summed E-state index contributed by atoms with van der Waals surface area (Å²) in [6.45, 7) is 2.34. The summed E-state index contributed by atoms with van der Waals surface area (Å²) in [5.74, 6) is -0.820. The molecule has 0 saturated carbocycles. The first-order valence-electron chi connectivity index (χ1n) is 5.91. The molecule has 0 aliphatic carbocycles. The standard InChI is InChI=1S/C13H17Cl2NO2/c1-9(13(17)18)16-7-3-2-4-10-5-6-11(14)12(15)8-10/h5-6,8-9,16H,2-4,7H2,1H3,(H,17,18)/t9-/m0/s1. The maximum atomic E-state index is 10.6. The van der Waals surface area contributed by atoms with E-state index in [0.29, 0.717) is 16.6 Å². The van der Waals surface area contributed by atoms with Crippen molar-refractivity contribution >= 4 is 29.2 Å². The number of nitrogens with one attached hydrogen (secondary N) is 1. The van der Waals surface area contributed by atoms with Crippen LogP contribution in [0.15, 0.2) is 18.2 Å². The third-order valence-electron chi connectivity index (χ3n) is 2.70. The summed E-state index contributed by atoms with van der Waals surface area (Å²) in [5, 5.41) is 12.8. The Morgan fingerprint density at radius 2 is 2.06 bits per heavy atom. The zero-order chi connectivity index (χ0) is 13.5. The van der Waals surface area contributed by atoms with Crippen molar-refractivity contribution < 1.29 is 9.90 Å². The van der Waals surface area contributed by atoms with Gasteiger partial charge in [-0.2, -0.15) is 0 Å². The third-order valence-corrected chi connectivity index (χ3v) is 3.44. The number of carboxylic acids is 1. The molecule has 0 fully saturated rings. The Kier molecular flexibility index (Phi) is 6.47. The number of hydrogen-bond acceptors (Lipinski definition) is 2. The van der Waals surface area contributed by atoms with E-state index in [4.69, 9.17) is 28.3 Å². The number of aryl methyl sites for hydroxylation is 1. The molecule has 0 saturated heterocycles. The lowest BCUT2D eigenvalue weighted by Gasteiger charge is -2.08. The number of unbranched alkanes of at least 4 members (excludes halogenated alkanes) is 1. The fraction of sp³-hybridized carbons (Fsp3) is 0.462. The van der Waals surface area contributed by atoms with Crippen LogP contribution in [0.4, 0.5) is 0 Å². The van der Waals surface area contributed by atoms with Crippen molar-refractivity contribution in [1.29, 1.82) is 0 Å². The summed E-state index contributed by atoms with van der Waals surface area (Å²) in [5.41, 5.74) is 1.15. The molecule has 0 aliphatic rings. The average molecular weight is 290 g/mol. The first-order chi connectivity index (χ1) is 8.50. The van der Waals surface area contributed by atoms with Gasteiger partial charge in [0.05, 0.1) is 10.0 Å². The van der Waals surface area contributed by atoms with Gasteiger partial charge in [0.2, 0.25) is 0 Å². The van der Waals surface area contributed by atoms with E-state index in [1.807, 2.05) is 12.1 Å². The van der Waals surface area contributed by atoms with E-state index >= 15 is 0 Å². The van der Waals surface area contributed by atoms with Gasteiger partial charge in [-0.3, -0.25) is 4.79 Å². The van der Waals surface area contributed by atoms with Crippen molar-refractivity contribution in [2.24, 2.45) is 0 Å². The van der Waals surface area contributed by atoms with Crippen LogP contribution < -0.4 is 5.32 Å². The molecular formula is C13H17Cl2NO2. The van der Waals surface area contributed by atoms with Crippen molar-refractivity contribution in [2.45, 2.75) is 32.2 Å². The van der Waals surface area contributed by atoms with Gasteiger partial charge in [0, 0.05) is 0 Å². The Bertz CT molecular complexity index is 410. The van der Waals surface area contributed by atoms with Gasteiger partial charge < -0.3 is 10.4 Å². The molecule has 0 heterocycles. The third kappa shape index (κ3) is 5.25. The minimum atomic E-state index is -0.820. The highest BCUT2D eigenvalue weighted by Gasteiger charge is 2.08. The maximum Gasteiger partial charge on any atom is 0.320 e. The van der Waals surface area contributed by atoms with Crippen LogP contribution in [0.1, 0.15) is 25.3 Å². The second-order valence-electron chi connectivity index (χ2n) is 4.22. The molecule has 2 N–H and O–H groups in total. The molecule has 18 heavy (non-hydrogen) atoms. The molecule has 1 aromatic carbocycles. The highest BCUT2D eigenvalue weighted by atomic mass is 35.5. The summed E-state index contributed by atoms with van der Waals surface area (Å²) >= 11 is 11.8. The molecule has 3 nitrogen and oxygen atoms in total. The molecule has 1 atom stereocenters. The van der Waals surface area contributed by atoms with Crippen molar-refractivity contribution in [3.05, 3.63) is 33.8 Å². The summed E-state index contributed by atoms with van der Waals surface area (Å²) in [4.78, 5) is 10.6. The van der Waals surface area contributed by atoms with Crippen LogP contribution in [-0.4, -0.2) is 23.7 Å². The van der Waals surface area contributed by atoms with Gasteiger partial charge in [-0.1, -0.05) is 29.3 Å². The predicted molar refractivity (Wildman–Crippen MR) is 74.5 cm³/mol. The van der Waals surface area contributed by atoms with Gasteiger partial charge in [-0.15, -0.1) is 0 Å². The number of aliphatic carboxylic acids is 1. The van der Waals surface area contributed by atoms with Crippen LogP contribution in [0.25, 0.3) is 0 Å². The van der Waals surface area contributed by atoms with E-state index in [-0.39, 0.29) is 0 Å². The normalized spacial score (nSPS) is 12.4. The smallest absolute Gasteiger partial charge is 0.320 e. The fourth-order valence-electron chi connectivity index (χ4n) is 1.56. The average Bonchev–Trinajstić information content (AvgIpc) is 2.32. The molecule has 1 aromatic rings. The lowest BCUT2D eigenvalue weighted by molar-refractivity contribution is -0.138. The quantitative estimate of drug-likeness (QED) is 0.757. The Morgan fingerprint density at radius 1 is 1.33 bits per heavy atom. The van der Waals surface area contributed by atoms with Gasteiger partial charge in [0.15, 0.2) is 0 Å². The van der Waals surface area contributed by atoms with Crippen LogP contribution in [0.2, 0.25) is 10.0 Å². The van der Waals surface area contributed by atoms with Crippen LogP contribution >= 0.6 is 23.2 Å². The van der Waals surface area contributed by atoms with Gasteiger partial charge in [-0.25, -0.2) is 0 Å². The Hall–Kier alpha value is -0.770. The monoisotopic (exact) mass is 289 g/mol. The second-order valence-corrected chi connectivity index (χ2v) is 5.03. The van der Waals surface area contributed by atoms with Gasteiger partial charge >= 0.3 is 5.97 Å². The lowest BCUT2D eigenvalue weighted by atomic mass is 10.1. The summed E-state index contributed by atoms with van der Waals surface area (Å²) in [6.07, 6.45) is 2.83. The van der Waals surface area contributed by atoms with E-state index < -0.39 is 12.0 Å². The van der Waals surface area contributed by atoms with Crippen molar-refractivity contribution in [1.82, 2.24) is 5.32 Å². The van der Waals surface area contributed by atoms with Crippen LogP contribution in [0, 0.1) is 0 Å². The molecule has 0 radical (unpaired) electrons. The van der Waals surface area contributed by atoms with E-state index in [2.05, 4.69) is 5.32 Å². The molecule has 0 amide bonds. The topological polar surface area (TPSA) is 49.3 Å². The molecule has 5 heteroatoms. The zero-order valence-electron chi connectivity index (χ0n) is 10.2. The molecule has 0 bridgehead atoms. The molecule has 1 rings (SSSR count).